The number of fused-ring (bicyclic) bond motifs is 1. The summed E-state index contributed by atoms with van der Waals surface area (Å²) in [4.78, 5) is 0. The molecule has 0 saturated heterocycles. The first-order valence-corrected chi connectivity index (χ1v) is 6.92. The molecule has 0 aromatic heterocycles. The fourth-order valence-corrected chi connectivity index (χ4v) is 2.69. The fourth-order valence-electron chi connectivity index (χ4n) is 2.69. The van der Waals surface area contributed by atoms with Gasteiger partial charge in [0, 0.05) is 24.1 Å². The van der Waals surface area contributed by atoms with E-state index >= 15 is 0 Å². The van der Waals surface area contributed by atoms with Crippen molar-refractivity contribution < 1.29 is 20.1 Å². The molecule has 0 fully saturated rings. The predicted octanol–water partition coefficient (Wildman–Crippen LogP) is 2.75. The maximum atomic E-state index is 10.3. The number of phenols is 2. The molecule has 4 heteroatoms. The maximum absolute atomic E-state index is 10.3. The van der Waals surface area contributed by atoms with Crippen LogP contribution in [0.1, 0.15) is 28.4 Å². The molecule has 3 N–H and O–H groups in total. The smallest absolute Gasteiger partial charge is 0.150 e. The fraction of sp³-hybridized carbons (Fsp3) is 0.294. The molecule has 1 aliphatic rings. The first kappa shape index (κ1) is 13.8. The molecule has 1 aliphatic heterocycles. The van der Waals surface area contributed by atoms with Gasteiger partial charge in [0.1, 0.15) is 23.4 Å². The summed E-state index contributed by atoms with van der Waals surface area (Å²) in [6, 6.07) is 8.65. The van der Waals surface area contributed by atoms with Gasteiger partial charge >= 0.3 is 0 Å². The van der Waals surface area contributed by atoms with Crippen molar-refractivity contribution in [3.05, 3.63) is 52.6 Å². The van der Waals surface area contributed by atoms with Gasteiger partial charge in [-0.1, -0.05) is 18.2 Å². The number of benzene rings is 2. The van der Waals surface area contributed by atoms with Gasteiger partial charge in [0.15, 0.2) is 0 Å². The number of hydrogen-bond donors (Lipinski definition) is 3. The predicted molar refractivity (Wildman–Crippen MR) is 78.8 cm³/mol. The molecule has 2 atom stereocenters. The van der Waals surface area contributed by atoms with Crippen LogP contribution in [0.5, 0.6) is 17.2 Å². The van der Waals surface area contributed by atoms with Gasteiger partial charge in [-0.25, -0.2) is 0 Å². The third-order valence-corrected chi connectivity index (χ3v) is 4.05. The number of ether oxygens (including phenoxy) is 1. The molecule has 21 heavy (non-hydrogen) atoms. The highest BCUT2D eigenvalue weighted by atomic mass is 16.5. The second-order valence-corrected chi connectivity index (χ2v) is 5.60. The van der Waals surface area contributed by atoms with Crippen LogP contribution in [0.4, 0.5) is 0 Å². The van der Waals surface area contributed by atoms with Crippen molar-refractivity contribution in [2.24, 2.45) is 0 Å². The number of hydrogen-bond acceptors (Lipinski definition) is 4. The van der Waals surface area contributed by atoms with E-state index in [0.717, 1.165) is 11.1 Å². The third kappa shape index (κ3) is 2.43. The summed E-state index contributed by atoms with van der Waals surface area (Å²) in [5, 5.41) is 29.7. The van der Waals surface area contributed by atoms with E-state index in [2.05, 4.69) is 0 Å². The van der Waals surface area contributed by atoms with Crippen molar-refractivity contribution in [2.45, 2.75) is 32.5 Å². The summed E-state index contributed by atoms with van der Waals surface area (Å²) in [7, 11) is 0. The van der Waals surface area contributed by atoms with Crippen LogP contribution in [0.15, 0.2) is 30.3 Å². The van der Waals surface area contributed by atoms with E-state index in [1.54, 1.807) is 0 Å². The van der Waals surface area contributed by atoms with E-state index in [1.807, 2.05) is 32.0 Å². The molecule has 3 rings (SSSR count). The van der Waals surface area contributed by atoms with Crippen molar-refractivity contribution in [1.82, 2.24) is 0 Å². The van der Waals surface area contributed by atoms with Crippen LogP contribution >= 0.6 is 0 Å². The maximum Gasteiger partial charge on any atom is 0.150 e. The minimum atomic E-state index is -0.741. The van der Waals surface area contributed by atoms with E-state index in [9.17, 15) is 15.3 Å². The van der Waals surface area contributed by atoms with Crippen molar-refractivity contribution in [1.29, 1.82) is 0 Å². The molecule has 110 valence electrons. The number of phenolic OH excluding ortho intramolecular Hbond substituents is 2. The second-order valence-electron chi connectivity index (χ2n) is 5.60. The van der Waals surface area contributed by atoms with Gasteiger partial charge in [0.25, 0.3) is 0 Å². The summed E-state index contributed by atoms with van der Waals surface area (Å²) in [6.45, 7) is 4.04. The minimum Gasteiger partial charge on any atom is -0.508 e. The van der Waals surface area contributed by atoms with Gasteiger partial charge < -0.3 is 20.1 Å². The Morgan fingerprint density at radius 2 is 1.81 bits per heavy atom. The van der Waals surface area contributed by atoms with Crippen LogP contribution in [0.2, 0.25) is 0 Å². The molecule has 0 aliphatic carbocycles. The number of aliphatic hydroxyl groups excluding tert-OH is 1. The van der Waals surface area contributed by atoms with Crippen LogP contribution in [-0.2, 0) is 6.42 Å². The summed E-state index contributed by atoms with van der Waals surface area (Å²) >= 11 is 0. The molecule has 2 aromatic rings. The lowest BCUT2D eigenvalue weighted by Crippen LogP contribution is -2.30. The standard InChI is InChI=1S/C17H18O4/c1-9-3-4-11(5-10(9)2)17-15(20)8-13-14(19)6-12(18)7-16(13)21-17/h3-7,15,17-20H,8H2,1-2H3. The van der Waals surface area contributed by atoms with Crippen molar-refractivity contribution in [3.8, 4) is 17.2 Å². The molecule has 0 saturated carbocycles. The van der Waals surface area contributed by atoms with Crippen molar-refractivity contribution in [3.63, 3.8) is 0 Å². The monoisotopic (exact) mass is 286 g/mol. The van der Waals surface area contributed by atoms with Gasteiger partial charge in [0.05, 0.1) is 6.10 Å². The second kappa shape index (κ2) is 4.97. The number of aryl methyl sites for hydroxylation is 2. The van der Waals surface area contributed by atoms with Crippen molar-refractivity contribution in [2.75, 3.05) is 0 Å². The molecular weight excluding hydrogens is 268 g/mol. The topological polar surface area (TPSA) is 69.9 Å². The Morgan fingerprint density at radius 1 is 1.05 bits per heavy atom. The molecule has 4 nitrogen and oxygen atoms in total. The third-order valence-electron chi connectivity index (χ3n) is 4.05. The lowest BCUT2D eigenvalue weighted by atomic mass is 9.92. The van der Waals surface area contributed by atoms with Crippen LogP contribution < -0.4 is 4.74 Å². The van der Waals surface area contributed by atoms with E-state index in [0.29, 0.717) is 17.7 Å². The molecule has 2 aromatic carbocycles. The molecule has 0 radical (unpaired) electrons. The van der Waals surface area contributed by atoms with Gasteiger partial charge in [0.2, 0.25) is 0 Å². The molecule has 2 unspecified atom stereocenters. The highest BCUT2D eigenvalue weighted by Crippen LogP contribution is 2.41. The highest BCUT2D eigenvalue weighted by molar-refractivity contribution is 5.51. The van der Waals surface area contributed by atoms with Crippen molar-refractivity contribution >= 4 is 0 Å². The van der Waals surface area contributed by atoms with Crippen LogP contribution in [-0.4, -0.2) is 21.4 Å². The molecule has 0 bridgehead atoms. The van der Waals surface area contributed by atoms with Gasteiger partial charge in [-0.15, -0.1) is 0 Å². The van der Waals surface area contributed by atoms with E-state index < -0.39 is 12.2 Å². The van der Waals surface area contributed by atoms with Crippen LogP contribution in [0.3, 0.4) is 0 Å². The lowest BCUT2D eigenvalue weighted by Gasteiger charge is -2.31. The Bertz CT molecular complexity index is 693. The van der Waals surface area contributed by atoms with E-state index in [-0.39, 0.29) is 11.5 Å². The van der Waals surface area contributed by atoms with E-state index in [1.165, 1.54) is 17.7 Å². The average Bonchev–Trinajstić information content (AvgIpc) is 2.42. The minimum absolute atomic E-state index is 0.0532. The number of aromatic hydroxyl groups is 2. The summed E-state index contributed by atoms with van der Waals surface area (Å²) in [5.41, 5.74) is 3.73. The SMILES string of the molecule is Cc1ccc(C2Oc3cc(O)cc(O)c3CC2O)cc1C. The van der Waals surface area contributed by atoms with E-state index in [4.69, 9.17) is 4.74 Å². The van der Waals surface area contributed by atoms with Gasteiger partial charge in [-0.2, -0.15) is 0 Å². The zero-order valence-corrected chi connectivity index (χ0v) is 12.0. The van der Waals surface area contributed by atoms with Gasteiger partial charge in [-0.05, 0) is 30.5 Å². The molecular formula is C17H18O4. The average molecular weight is 286 g/mol. The first-order valence-electron chi connectivity index (χ1n) is 6.92. The zero-order valence-electron chi connectivity index (χ0n) is 12.0. The Hall–Kier alpha value is -2.20. The summed E-state index contributed by atoms with van der Waals surface area (Å²) in [6.07, 6.45) is -0.952. The Morgan fingerprint density at radius 3 is 2.52 bits per heavy atom. The molecule has 0 amide bonds. The Kier molecular flexibility index (Phi) is 3.26. The Labute approximate surface area is 123 Å². The van der Waals surface area contributed by atoms with Crippen LogP contribution in [0.25, 0.3) is 0 Å². The summed E-state index contributed by atoms with van der Waals surface area (Å²) in [5.74, 6) is 0.310. The number of rotatable bonds is 1. The van der Waals surface area contributed by atoms with Gasteiger partial charge in [-0.3, -0.25) is 0 Å². The zero-order chi connectivity index (χ0) is 15.1. The molecule has 0 spiro atoms. The normalized spacial score (nSPS) is 20.7. The number of aliphatic hydroxyl groups is 1. The lowest BCUT2D eigenvalue weighted by molar-refractivity contribution is 0.0198. The first-order chi connectivity index (χ1) is 9.95. The largest absolute Gasteiger partial charge is 0.508 e. The Balaban J connectivity index is 2.00. The highest BCUT2D eigenvalue weighted by Gasteiger charge is 2.32. The van der Waals surface area contributed by atoms with Crippen LogP contribution in [0, 0.1) is 13.8 Å². The molecule has 1 heterocycles. The summed E-state index contributed by atoms with van der Waals surface area (Å²) < 4.78 is 5.82. The quantitative estimate of drug-likeness (QED) is 0.754.